The van der Waals surface area contributed by atoms with Crippen molar-refractivity contribution in [2.24, 2.45) is 0 Å². The number of carboxylic acid groups (broad SMARTS) is 1. The fourth-order valence-electron chi connectivity index (χ4n) is 3.26. The number of thiazole rings is 1. The maximum Gasteiger partial charge on any atom is 0.347 e. The minimum Gasteiger partial charge on any atom is -0.493 e. The molecule has 3 aromatic rings. The third-order valence-corrected chi connectivity index (χ3v) is 5.74. The van der Waals surface area contributed by atoms with Gasteiger partial charge in [-0.15, -0.1) is 0 Å². The van der Waals surface area contributed by atoms with E-state index in [0.717, 1.165) is 50.6 Å². The van der Waals surface area contributed by atoms with Gasteiger partial charge >= 0.3 is 5.97 Å². The Morgan fingerprint density at radius 3 is 2.84 bits per heavy atom. The van der Waals surface area contributed by atoms with Crippen molar-refractivity contribution >= 4 is 39.2 Å². The lowest BCUT2D eigenvalue weighted by atomic mass is 10.2. The number of benzene rings is 1. The lowest BCUT2D eigenvalue weighted by Gasteiger charge is -2.26. The van der Waals surface area contributed by atoms with Gasteiger partial charge in [0.2, 0.25) is 0 Å². The third-order valence-electron chi connectivity index (χ3n) is 4.84. The van der Waals surface area contributed by atoms with Gasteiger partial charge < -0.3 is 24.6 Å². The highest BCUT2D eigenvalue weighted by molar-refractivity contribution is 7.17. The van der Waals surface area contributed by atoms with Crippen molar-refractivity contribution < 1.29 is 24.1 Å². The van der Waals surface area contributed by atoms with E-state index in [1.807, 2.05) is 6.07 Å². The highest BCUT2D eigenvalue weighted by atomic mass is 32.1. The smallest absolute Gasteiger partial charge is 0.347 e. The summed E-state index contributed by atoms with van der Waals surface area (Å²) in [5.41, 5.74) is 0.677. The van der Waals surface area contributed by atoms with Crippen LogP contribution >= 0.6 is 11.3 Å². The van der Waals surface area contributed by atoms with Crippen LogP contribution in [0.2, 0.25) is 0 Å². The van der Waals surface area contributed by atoms with Crippen LogP contribution in [0.25, 0.3) is 10.9 Å². The van der Waals surface area contributed by atoms with Gasteiger partial charge in [0.25, 0.3) is 0 Å². The fourth-order valence-corrected chi connectivity index (χ4v) is 3.92. The van der Waals surface area contributed by atoms with Crippen LogP contribution in [-0.2, 0) is 4.74 Å². The van der Waals surface area contributed by atoms with E-state index >= 15 is 0 Å². The molecule has 31 heavy (non-hydrogen) atoms. The Hall–Kier alpha value is -3.02. The van der Waals surface area contributed by atoms with Gasteiger partial charge in [0.1, 0.15) is 17.0 Å². The molecule has 0 spiro atoms. The van der Waals surface area contributed by atoms with Gasteiger partial charge in [-0.3, -0.25) is 4.90 Å². The highest BCUT2D eigenvalue weighted by Crippen LogP contribution is 2.35. The first-order valence-electron chi connectivity index (χ1n) is 9.86. The number of rotatable bonds is 9. The van der Waals surface area contributed by atoms with Crippen LogP contribution < -0.4 is 14.8 Å². The molecule has 1 fully saturated rings. The van der Waals surface area contributed by atoms with Crippen molar-refractivity contribution in [2.75, 3.05) is 51.9 Å². The summed E-state index contributed by atoms with van der Waals surface area (Å²) in [5.74, 6) is 0.676. The number of hydrogen-bond donors (Lipinski definition) is 2. The van der Waals surface area contributed by atoms with E-state index in [2.05, 4.69) is 25.2 Å². The normalized spacial score (nSPS) is 14.5. The number of nitrogens with one attached hydrogen (secondary N) is 1. The molecule has 0 amide bonds. The lowest BCUT2D eigenvalue weighted by molar-refractivity contribution is 0.0357. The Labute approximate surface area is 182 Å². The van der Waals surface area contributed by atoms with E-state index in [1.54, 1.807) is 13.2 Å². The van der Waals surface area contributed by atoms with E-state index in [1.165, 1.54) is 12.5 Å². The number of aromatic carboxylic acids is 1. The van der Waals surface area contributed by atoms with E-state index in [4.69, 9.17) is 19.3 Å². The molecular formula is C20H23N5O5S. The molecule has 4 rings (SSSR count). The molecule has 0 atom stereocenters. The van der Waals surface area contributed by atoms with Crippen LogP contribution in [0.1, 0.15) is 16.1 Å². The third kappa shape index (κ3) is 5.19. The number of carbonyl (C=O) groups is 1. The predicted molar refractivity (Wildman–Crippen MR) is 116 cm³/mol. The number of anilines is 2. The molecule has 0 bridgehead atoms. The molecule has 0 radical (unpaired) electrons. The van der Waals surface area contributed by atoms with E-state index in [0.29, 0.717) is 40.0 Å². The quantitative estimate of drug-likeness (QED) is 0.476. The zero-order chi connectivity index (χ0) is 21.6. The summed E-state index contributed by atoms with van der Waals surface area (Å²) in [7, 11) is 1.58. The van der Waals surface area contributed by atoms with Crippen molar-refractivity contribution in [2.45, 2.75) is 6.42 Å². The predicted octanol–water partition coefficient (Wildman–Crippen LogP) is 2.64. The minimum atomic E-state index is -1.02. The molecule has 0 aliphatic carbocycles. The summed E-state index contributed by atoms with van der Waals surface area (Å²) in [6, 6.07) is 3.63. The summed E-state index contributed by atoms with van der Waals surface area (Å²) in [6.45, 7) is 5.01. The first-order chi connectivity index (χ1) is 15.1. The minimum absolute atomic E-state index is 0.145. The van der Waals surface area contributed by atoms with Gasteiger partial charge in [-0.2, -0.15) is 0 Å². The maximum absolute atomic E-state index is 11.1. The number of fused-ring (bicyclic) bond motifs is 1. The van der Waals surface area contributed by atoms with E-state index < -0.39 is 5.97 Å². The van der Waals surface area contributed by atoms with Crippen LogP contribution in [0.15, 0.2) is 24.7 Å². The Balaban J connectivity index is 1.47. The van der Waals surface area contributed by atoms with Gasteiger partial charge in [-0.05, 0) is 12.5 Å². The number of hydrogen-bond acceptors (Lipinski definition) is 10. The van der Waals surface area contributed by atoms with Gasteiger partial charge in [-0.1, -0.05) is 11.3 Å². The number of nitrogens with zero attached hydrogens (tertiary/aromatic N) is 4. The van der Waals surface area contributed by atoms with Crippen molar-refractivity contribution in [1.29, 1.82) is 0 Å². The molecule has 11 heteroatoms. The zero-order valence-corrected chi connectivity index (χ0v) is 17.9. The SMILES string of the molecule is COc1cc2c(Nc3ncc(C(=O)O)s3)ncnc2cc1OCCCN1CCOCC1. The van der Waals surface area contributed by atoms with E-state index in [-0.39, 0.29) is 4.88 Å². The molecule has 2 N–H and O–H groups in total. The molecular weight excluding hydrogens is 422 g/mol. The second kappa shape index (κ2) is 9.86. The van der Waals surface area contributed by atoms with Crippen LogP contribution in [0.4, 0.5) is 10.9 Å². The first-order valence-corrected chi connectivity index (χ1v) is 10.7. The molecule has 2 aromatic heterocycles. The Kier molecular flexibility index (Phi) is 6.75. The molecule has 164 valence electrons. The van der Waals surface area contributed by atoms with Crippen molar-refractivity contribution in [1.82, 2.24) is 19.9 Å². The highest BCUT2D eigenvalue weighted by Gasteiger charge is 2.15. The molecule has 1 aromatic carbocycles. The summed E-state index contributed by atoms with van der Waals surface area (Å²) >= 11 is 1.03. The van der Waals surface area contributed by atoms with Gasteiger partial charge in [0, 0.05) is 31.1 Å². The Bertz CT molecular complexity index is 1050. The van der Waals surface area contributed by atoms with Crippen LogP contribution in [-0.4, -0.2) is 77.5 Å². The summed E-state index contributed by atoms with van der Waals surface area (Å²) in [4.78, 5) is 26.3. The van der Waals surface area contributed by atoms with Crippen molar-refractivity contribution in [3.63, 3.8) is 0 Å². The lowest BCUT2D eigenvalue weighted by Crippen LogP contribution is -2.37. The monoisotopic (exact) mass is 445 g/mol. The summed E-state index contributed by atoms with van der Waals surface area (Å²) in [6.07, 6.45) is 3.64. The standard InChI is InChI=1S/C20H23N5O5S/c1-28-15-9-13-14(10-16(15)30-6-2-3-25-4-7-29-8-5-25)22-12-23-18(13)24-20-21-11-17(31-20)19(26)27/h9-12H,2-8H2,1H3,(H,26,27)(H,21,22,23,24). The maximum atomic E-state index is 11.1. The molecule has 1 aliphatic rings. The molecule has 1 aliphatic heterocycles. The Morgan fingerprint density at radius 2 is 2.10 bits per heavy atom. The summed E-state index contributed by atoms with van der Waals surface area (Å²) < 4.78 is 16.9. The number of ether oxygens (including phenoxy) is 3. The van der Waals surface area contributed by atoms with E-state index in [9.17, 15) is 4.79 Å². The topological polar surface area (TPSA) is 119 Å². The second-order valence-corrected chi connectivity index (χ2v) is 7.89. The molecule has 10 nitrogen and oxygen atoms in total. The molecule has 1 saturated heterocycles. The van der Waals surface area contributed by atoms with Crippen molar-refractivity contribution in [3.8, 4) is 11.5 Å². The number of carboxylic acids is 1. The molecule has 0 unspecified atom stereocenters. The van der Waals surface area contributed by atoms with Gasteiger partial charge in [0.05, 0.1) is 38.6 Å². The fraction of sp³-hybridized carbons (Fsp3) is 0.400. The number of aromatic nitrogens is 3. The average Bonchev–Trinajstić information content (AvgIpc) is 3.26. The first kappa shape index (κ1) is 21.2. The van der Waals surface area contributed by atoms with Crippen LogP contribution in [0, 0.1) is 0 Å². The molecule has 0 saturated carbocycles. The van der Waals surface area contributed by atoms with Crippen LogP contribution in [0.3, 0.4) is 0 Å². The number of methoxy groups -OCH3 is 1. The van der Waals surface area contributed by atoms with Crippen LogP contribution in [0.5, 0.6) is 11.5 Å². The summed E-state index contributed by atoms with van der Waals surface area (Å²) in [5, 5.41) is 13.3. The average molecular weight is 446 g/mol. The Morgan fingerprint density at radius 1 is 1.26 bits per heavy atom. The molecule has 3 heterocycles. The van der Waals surface area contributed by atoms with Gasteiger partial charge in [0.15, 0.2) is 16.6 Å². The second-order valence-electron chi connectivity index (χ2n) is 6.86. The zero-order valence-electron chi connectivity index (χ0n) is 17.0. The number of morpholine rings is 1. The largest absolute Gasteiger partial charge is 0.493 e. The van der Waals surface area contributed by atoms with Gasteiger partial charge in [-0.25, -0.2) is 19.7 Å². The van der Waals surface area contributed by atoms with Crippen molar-refractivity contribution in [3.05, 3.63) is 29.5 Å².